The van der Waals surface area contributed by atoms with Gasteiger partial charge in [0.2, 0.25) is 0 Å². The Morgan fingerprint density at radius 1 is 1.17 bits per heavy atom. The Morgan fingerprint density at radius 3 is 2.66 bits per heavy atom. The molecule has 0 radical (unpaired) electrons. The maximum absolute atomic E-state index is 12.4. The van der Waals surface area contributed by atoms with Crippen LogP contribution in [0.5, 0.6) is 0 Å². The van der Waals surface area contributed by atoms with Gasteiger partial charge in [-0.15, -0.1) is 0 Å². The maximum Gasteiger partial charge on any atom is 0.159 e. The fourth-order valence-electron chi connectivity index (χ4n) is 4.93. The Hall–Kier alpha value is -1.71. The van der Waals surface area contributed by atoms with Gasteiger partial charge in [0.15, 0.2) is 5.78 Å². The molecule has 1 aromatic rings. The van der Waals surface area contributed by atoms with Gasteiger partial charge in [0.25, 0.3) is 0 Å². The number of nitrogens with zero attached hydrogens (tertiary/aromatic N) is 1. The Bertz CT molecular complexity index is 732. The van der Waals surface area contributed by atoms with Crippen LogP contribution < -0.4 is 0 Å². The highest BCUT2D eigenvalue weighted by Crippen LogP contribution is 2.48. The van der Waals surface area contributed by atoms with Gasteiger partial charge in [0, 0.05) is 12.3 Å². The van der Waals surface area contributed by atoms with Gasteiger partial charge in [-0.2, -0.15) is 0 Å². The average Bonchev–Trinajstić information content (AvgIpc) is 3.18. The minimum Gasteiger partial charge on any atom is -0.392 e. The molecule has 4 atom stereocenters. The van der Waals surface area contributed by atoms with Crippen LogP contribution >= 0.6 is 0 Å². The zero-order chi connectivity index (χ0) is 20.8. The van der Waals surface area contributed by atoms with Gasteiger partial charge in [0.05, 0.1) is 6.10 Å². The second-order valence-corrected chi connectivity index (χ2v) is 9.34. The number of aliphatic hydroxyl groups excluding tert-OH is 1. The molecule has 0 aliphatic heterocycles. The second-order valence-electron chi connectivity index (χ2n) is 9.34. The summed E-state index contributed by atoms with van der Waals surface area (Å²) in [4.78, 5) is 14.6. The van der Waals surface area contributed by atoms with Crippen molar-refractivity contribution in [3.8, 4) is 0 Å². The first-order valence-electron chi connectivity index (χ1n) is 11.2. The van der Waals surface area contributed by atoms with Crippen molar-refractivity contribution in [2.24, 2.45) is 17.8 Å². The molecule has 2 aliphatic carbocycles. The van der Waals surface area contributed by atoms with E-state index in [0.29, 0.717) is 18.3 Å². The summed E-state index contributed by atoms with van der Waals surface area (Å²) in [6, 6.07) is 8.13. The molecule has 1 fully saturated rings. The van der Waals surface area contributed by atoms with E-state index in [1.54, 1.807) is 11.6 Å². The third-order valence-electron chi connectivity index (χ3n) is 6.56. The molecule has 2 aliphatic rings. The zero-order valence-electron chi connectivity index (χ0n) is 18.3. The quantitative estimate of drug-likeness (QED) is 0.354. The van der Waals surface area contributed by atoms with Crippen molar-refractivity contribution in [3.05, 3.63) is 59.2 Å². The molecule has 0 aromatic heterocycles. The topological polar surface area (TPSA) is 40.5 Å². The molecule has 0 bridgehead atoms. The smallest absolute Gasteiger partial charge is 0.159 e. The van der Waals surface area contributed by atoms with E-state index in [0.717, 1.165) is 18.4 Å². The van der Waals surface area contributed by atoms with E-state index in [1.165, 1.54) is 37.8 Å². The molecule has 0 spiro atoms. The summed E-state index contributed by atoms with van der Waals surface area (Å²) in [5.41, 5.74) is 3.83. The van der Waals surface area contributed by atoms with Crippen LogP contribution in [0.3, 0.4) is 0 Å². The summed E-state index contributed by atoms with van der Waals surface area (Å²) < 4.78 is 0. The Kier molecular flexibility index (Phi) is 7.85. The van der Waals surface area contributed by atoms with Crippen LogP contribution in [0.25, 0.3) is 0 Å². The summed E-state index contributed by atoms with van der Waals surface area (Å²) in [5, 5.41) is 10.5. The van der Waals surface area contributed by atoms with Crippen LogP contribution in [0.1, 0.15) is 49.7 Å². The van der Waals surface area contributed by atoms with Gasteiger partial charge in [-0.1, -0.05) is 54.0 Å². The number of hydrogen-bond donors (Lipinski definition) is 1. The summed E-state index contributed by atoms with van der Waals surface area (Å²) in [6.45, 7) is 3.22. The normalized spacial score (nSPS) is 26.3. The highest BCUT2D eigenvalue weighted by Gasteiger charge is 2.43. The van der Waals surface area contributed by atoms with Crippen molar-refractivity contribution in [1.82, 2.24) is 4.90 Å². The first-order chi connectivity index (χ1) is 13.9. The van der Waals surface area contributed by atoms with Crippen LogP contribution in [0, 0.1) is 24.7 Å². The van der Waals surface area contributed by atoms with Crippen LogP contribution in [-0.2, 0) is 11.2 Å². The van der Waals surface area contributed by atoms with Crippen molar-refractivity contribution < 1.29 is 9.90 Å². The van der Waals surface area contributed by atoms with E-state index in [4.69, 9.17) is 0 Å². The fraction of sp³-hybridized carbons (Fsp3) is 0.577. The summed E-state index contributed by atoms with van der Waals surface area (Å²) >= 11 is 0. The SMILES string of the molecule is Cc1ccc(CC(=O)/C=C/[C@@H]2[C@H]3CC(CCCCCN(C)C)=C[C@H]3C[C@H]2O)cc1. The summed E-state index contributed by atoms with van der Waals surface area (Å²) in [5.74, 6) is 1.20. The molecule has 1 aromatic carbocycles. The van der Waals surface area contributed by atoms with E-state index < -0.39 is 0 Å². The number of carbonyl (C=O) groups excluding carboxylic acids is 1. The summed E-state index contributed by atoms with van der Waals surface area (Å²) in [6.07, 6.45) is 13.2. The minimum absolute atomic E-state index is 0.115. The number of benzene rings is 1. The van der Waals surface area contributed by atoms with Crippen LogP contribution in [0.15, 0.2) is 48.1 Å². The summed E-state index contributed by atoms with van der Waals surface area (Å²) in [7, 11) is 4.26. The number of carbonyl (C=O) groups is 1. The highest BCUT2D eigenvalue weighted by atomic mass is 16.3. The first kappa shape index (κ1) is 22.0. The number of aliphatic hydroxyl groups is 1. The lowest BCUT2D eigenvalue weighted by Gasteiger charge is -2.18. The molecule has 3 heteroatoms. The second kappa shape index (κ2) is 10.4. The van der Waals surface area contributed by atoms with Gasteiger partial charge in [-0.25, -0.2) is 0 Å². The molecule has 29 heavy (non-hydrogen) atoms. The monoisotopic (exact) mass is 395 g/mol. The standard InChI is InChI=1S/C26H37NO2/c1-19-8-10-20(11-9-19)16-23(28)12-13-24-25-17-21(15-22(25)18-26(24)29)7-5-4-6-14-27(2)3/h8-13,15,22,24-26,29H,4-7,14,16-18H2,1-3H3/b13-12+/t22-,24+,25-,26+/m0/s1. The van der Waals surface area contributed by atoms with Crippen molar-refractivity contribution in [1.29, 1.82) is 0 Å². The maximum atomic E-state index is 12.4. The average molecular weight is 396 g/mol. The van der Waals surface area contributed by atoms with Gasteiger partial charge in [0.1, 0.15) is 0 Å². The minimum atomic E-state index is -0.314. The lowest BCUT2D eigenvalue weighted by Crippen LogP contribution is -2.17. The number of allylic oxidation sites excluding steroid dienone is 3. The van der Waals surface area contributed by atoms with E-state index in [-0.39, 0.29) is 17.8 Å². The van der Waals surface area contributed by atoms with Crippen molar-refractivity contribution in [3.63, 3.8) is 0 Å². The molecule has 158 valence electrons. The molecule has 1 N–H and O–H groups in total. The highest BCUT2D eigenvalue weighted by molar-refractivity contribution is 5.91. The zero-order valence-corrected chi connectivity index (χ0v) is 18.3. The molecule has 3 rings (SSSR count). The molecule has 0 saturated heterocycles. The Morgan fingerprint density at radius 2 is 1.93 bits per heavy atom. The largest absolute Gasteiger partial charge is 0.392 e. The first-order valence-corrected chi connectivity index (χ1v) is 11.2. The lowest BCUT2D eigenvalue weighted by atomic mass is 9.88. The van der Waals surface area contributed by atoms with Crippen molar-refractivity contribution >= 4 is 5.78 Å². The number of rotatable bonds is 10. The van der Waals surface area contributed by atoms with Gasteiger partial charge >= 0.3 is 0 Å². The van der Waals surface area contributed by atoms with Crippen LogP contribution in [0.2, 0.25) is 0 Å². The van der Waals surface area contributed by atoms with Gasteiger partial charge in [-0.3, -0.25) is 4.79 Å². The molecule has 1 saturated carbocycles. The van der Waals surface area contributed by atoms with Gasteiger partial charge in [-0.05, 0) is 83.1 Å². The Labute approximate surface area is 176 Å². The van der Waals surface area contributed by atoms with Gasteiger partial charge < -0.3 is 10.0 Å². The third kappa shape index (κ3) is 6.38. The Balaban J connectivity index is 1.47. The molecular formula is C26H37NO2. The lowest BCUT2D eigenvalue weighted by molar-refractivity contribution is -0.114. The van der Waals surface area contributed by atoms with E-state index in [1.807, 2.05) is 30.3 Å². The van der Waals surface area contributed by atoms with E-state index >= 15 is 0 Å². The molecule has 0 heterocycles. The molecule has 3 nitrogen and oxygen atoms in total. The van der Waals surface area contributed by atoms with Crippen LogP contribution in [-0.4, -0.2) is 42.5 Å². The van der Waals surface area contributed by atoms with Crippen molar-refractivity contribution in [2.75, 3.05) is 20.6 Å². The number of unbranched alkanes of at least 4 members (excludes halogenated alkanes) is 2. The number of fused-ring (bicyclic) bond motifs is 1. The number of aryl methyl sites for hydroxylation is 1. The molecular weight excluding hydrogens is 358 g/mol. The third-order valence-corrected chi connectivity index (χ3v) is 6.56. The predicted molar refractivity (Wildman–Crippen MR) is 120 cm³/mol. The van der Waals surface area contributed by atoms with E-state index in [9.17, 15) is 9.90 Å². The predicted octanol–water partition coefficient (Wildman–Crippen LogP) is 4.73. The van der Waals surface area contributed by atoms with Crippen molar-refractivity contribution in [2.45, 2.75) is 58.0 Å². The number of hydrogen-bond acceptors (Lipinski definition) is 3. The van der Waals surface area contributed by atoms with Crippen LogP contribution in [0.4, 0.5) is 0 Å². The van der Waals surface area contributed by atoms with E-state index in [2.05, 4.69) is 32.0 Å². The fourth-order valence-corrected chi connectivity index (χ4v) is 4.93. The number of ketones is 1. The molecule has 0 amide bonds. The molecule has 0 unspecified atom stereocenters.